The molecule has 1 aliphatic carbocycles. The van der Waals surface area contributed by atoms with Gasteiger partial charge in [0.2, 0.25) is 5.91 Å². The van der Waals surface area contributed by atoms with Gasteiger partial charge in [-0.05, 0) is 43.2 Å². The monoisotopic (exact) mass is 492 g/mol. The highest BCUT2D eigenvalue weighted by molar-refractivity contribution is 7.19. The zero-order chi connectivity index (χ0) is 24.7. The summed E-state index contributed by atoms with van der Waals surface area (Å²) in [7, 11) is 1.92. The number of aryl methyl sites for hydroxylation is 1. The van der Waals surface area contributed by atoms with Crippen LogP contribution in [0.4, 0.5) is 11.5 Å². The van der Waals surface area contributed by atoms with Crippen LogP contribution in [0.25, 0.3) is 21.1 Å². The molecule has 0 bridgehead atoms. The summed E-state index contributed by atoms with van der Waals surface area (Å²) >= 11 is 1.68. The molecular weight excluding hydrogens is 460 g/mol. The van der Waals surface area contributed by atoms with Crippen molar-refractivity contribution in [2.24, 2.45) is 11.3 Å². The zero-order valence-electron chi connectivity index (χ0n) is 20.9. The van der Waals surface area contributed by atoms with E-state index >= 15 is 0 Å². The fourth-order valence-corrected chi connectivity index (χ4v) is 6.26. The number of thiophene rings is 1. The highest BCUT2D eigenvalue weighted by Gasteiger charge is 2.31. The van der Waals surface area contributed by atoms with Gasteiger partial charge in [0.05, 0.1) is 29.4 Å². The van der Waals surface area contributed by atoms with E-state index < -0.39 is 0 Å². The van der Waals surface area contributed by atoms with E-state index in [0.29, 0.717) is 6.61 Å². The summed E-state index contributed by atoms with van der Waals surface area (Å²) in [5.41, 5.74) is 3.11. The number of aromatic amines is 1. The molecule has 3 aromatic heterocycles. The molecule has 1 aliphatic rings. The number of fused-ring (bicyclic) bond motifs is 4. The average molecular weight is 493 g/mol. The second kappa shape index (κ2) is 9.11. The highest BCUT2D eigenvalue weighted by atomic mass is 32.1. The molecule has 1 amide bonds. The molecule has 5 rings (SSSR count). The topological polar surface area (TPSA) is 96.0 Å². The average Bonchev–Trinajstić information content (AvgIpc) is 3.41. The molecule has 0 spiro atoms. The van der Waals surface area contributed by atoms with Gasteiger partial charge in [-0.3, -0.25) is 9.89 Å². The normalized spacial score (nSPS) is 15.9. The van der Waals surface area contributed by atoms with Crippen molar-refractivity contribution in [1.29, 1.82) is 0 Å². The summed E-state index contributed by atoms with van der Waals surface area (Å²) in [6, 6.07) is 3.98. The third-order valence-corrected chi connectivity index (χ3v) is 7.54. The first kappa shape index (κ1) is 23.5. The van der Waals surface area contributed by atoms with Crippen molar-refractivity contribution in [3.63, 3.8) is 0 Å². The quantitative estimate of drug-likeness (QED) is 0.378. The van der Waals surface area contributed by atoms with Crippen LogP contribution in [0.2, 0.25) is 0 Å². The van der Waals surface area contributed by atoms with E-state index in [1.807, 2.05) is 31.0 Å². The number of carbonyl (C=O) groups excluding carboxylic acids is 1. The lowest BCUT2D eigenvalue weighted by molar-refractivity contribution is -0.135. The Kier molecular flexibility index (Phi) is 6.13. The second-order valence-electron chi connectivity index (χ2n) is 10.5. The molecule has 8 nitrogen and oxygen atoms in total. The molecule has 9 heteroatoms. The van der Waals surface area contributed by atoms with Gasteiger partial charge in [0.15, 0.2) is 0 Å². The van der Waals surface area contributed by atoms with Gasteiger partial charge in [0, 0.05) is 35.8 Å². The van der Waals surface area contributed by atoms with Gasteiger partial charge in [0.25, 0.3) is 0 Å². The Hall–Kier alpha value is -3.20. The van der Waals surface area contributed by atoms with Crippen LogP contribution in [-0.2, 0) is 17.6 Å². The van der Waals surface area contributed by atoms with E-state index in [0.717, 1.165) is 64.2 Å². The molecule has 0 saturated heterocycles. The number of hydrogen-bond donors (Lipinski definition) is 2. The summed E-state index contributed by atoms with van der Waals surface area (Å²) in [6.07, 6.45) is 5.84. The Morgan fingerprint density at radius 1 is 1.31 bits per heavy atom. The number of aromatic nitrogens is 4. The summed E-state index contributed by atoms with van der Waals surface area (Å²) in [4.78, 5) is 26.4. The van der Waals surface area contributed by atoms with E-state index in [-0.39, 0.29) is 17.2 Å². The molecule has 1 unspecified atom stereocenters. The van der Waals surface area contributed by atoms with E-state index in [4.69, 9.17) is 4.74 Å². The van der Waals surface area contributed by atoms with Crippen LogP contribution in [0, 0.1) is 11.3 Å². The SMILES string of the molecule is CCOc1cc2[nH]ncc2cc1Nc1ncnc2sc3c(c12)CCC(C(=O)N(C)CC(C)(C)C)C3. The first-order valence-electron chi connectivity index (χ1n) is 12.1. The number of carbonyl (C=O) groups is 1. The van der Waals surface area contributed by atoms with E-state index in [1.165, 1.54) is 10.4 Å². The number of nitrogens with one attached hydrogen (secondary N) is 2. The molecular formula is C26H32N6O2S. The van der Waals surface area contributed by atoms with Crippen LogP contribution in [0.15, 0.2) is 24.7 Å². The minimum Gasteiger partial charge on any atom is -0.492 e. The van der Waals surface area contributed by atoms with E-state index in [9.17, 15) is 4.79 Å². The maximum Gasteiger partial charge on any atom is 0.225 e. The fourth-order valence-electron chi connectivity index (χ4n) is 4.99. The molecule has 2 N–H and O–H groups in total. The predicted octanol–water partition coefficient (Wildman–Crippen LogP) is 5.32. The van der Waals surface area contributed by atoms with Crippen molar-refractivity contribution in [2.75, 3.05) is 25.5 Å². The number of H-pyrrole nitrogens is 1. The van der Waals surface area contributed by atoms with E-state index in [1.54, 1.807) is 23.9 Å². The number of amides is 1. The molecule has 1 aromatic carbocycles. The lowest BCUT2D eigenvalue weighted by Crippen LogP contribution is -2.39. The molecule has 0 aliphatic heterocycles. The molecule has 3 heterocycles. The first-order valence-corrected chi connectivity index (χ1v) is 12.9. The molecule has 1 atom stereocenters. The van der Waals surface area contributed by atoms with E-state index in [2.05, 4.69) is 46.3 Å². The Morgan fingerprint density at radius 3 is 2.91 bits per heavy atom. The Labute approximate surface area is 209 Å². The predicted molar refractivity (Wildman–Crippen MR) is 141 cm³/mol. The van der Waals surface area contributed by atoms with Crippen molar-refractivity contribution < 1.29 is 9.53 Å². The fraction of sp³-hybridized carbons (Fsp3) is 0.462. The molecule has 0 saturated carbocycles. The standard InChI is InChI=1S/C26H32N6O2S/c1-6-34-20-11-18-16(12-29-31-18)9-19(20)30-23-22-17-8-7-15(25(33)32(5)13-26(2,3)4)10-21(17)35-24(22)28-14-27-23/h9,11-12,14-15H,6-8,10,13H2,1-5H3,(H,29,31)(H,27,28,30). The molecule has 184 valence electrons. The largest absolute Gasteiger partial charge is 0.492 e. The van der Waals surface area contributed by atoms with Crippen molar-refractivity contribution in [2.45, 2.75) is 47.0 Å². The van der Waals surface area contributed by atoms with Crippen LogP contribution in [0.3, 0.4) is 0 Å². The Balaban J connectivity index is 1.45. The lowest BCUT2D eigenvalue weighted by atomic mass is 9.86. The van der Waals surface area contributed by atoms with Gasteiger partial charge in [-0.15, -0.1) is 11.3 Å². The molecule has 0 radical (unpaired) electrons. The zero-order valence-corrected chi connectivity index (χ0v) is 21.8. The number of benzene rings is 1. The summed E-state index contributed by atoms with van der Waals surface area (Å²) in [6.45, 7) is 9.77. The molecule has 35 heavy (non-hydrogen) atoms. The number of rotatable bonds is 6. The minimum atomic E-state index is 0.0142. The van der Waals surface area contributed by atoms with Crippen LogP contribution in [-0.4, -0.2) is 51.2 Å². The summed E-state index contributed by atoms with van der Waals surface area (Å²) in [5.74, 6) is 1.76. The van der Waals surface area contributed by atoms with Gasteiger partial charge < -0.3 is 15.0 Å². The Morgan fingerprint density at radius 2 is 2.14 bits per heavy atom. The molecule has 0 fully saturated rings. The summed E-state index contributed by atoms with van der Waals surface area (Å²) in [5, 5.41) is 12.7. The maximum atomic E-state index is 13.2. The number of anilines is 2. The van der Waals surface area contributed by atoms with Crippen molar-refractivity contribution >= 4 is 49.9 Å². The van der Waals surface area contributed by atoms with Crippen LogP contribution in [0.1, 0.15) is 44.6 Å². The van der Waals surface area contributed by atoms with Crippen LogP contribution in [0.5, 0.6) is 5.75 Å². The smallest absolute Gasteiger partial charge is 0.225 e. The third kappa shape index (κ3) is 4.69. The highest BCUT2D eigenvalue weighted by Crippen LogP contribution is 2.42. The van der Waals surface area contributed by atoms with Gasteiger partial charge in [-0.25, -0.2) is 9.97 Å². The second-order valence-corrected chi connectivity index (χ2v) is 11.5. The van der Waals surface area contributed by atoms with Gasteiger partial charge >= 0.3 is 0 Å². The first-order chi connectivity index (χ1) is 16.7. The van der Waals surface area contributed by atoms with Gasteiger partial charge in [-0.1, -0.05) is 20.8 Å². The number of ether oxygens (including phenoxy) is 1. The van der Waals surface area contributed by atoms with Crippen molar-refractivity contribution in [3.05, 3.63) is 35.1 Å². The number of hydrogen-bond acceptors (Lipinski definition) is 7. The molecule has 4 aromatic rings. The van der Waals surface area contributed by atoms with Gasteiger partial charge in [-0.2, -0.15) is 5.10 Å². The maximum absolute atomic E-state index is 13.2. The minimum absolute atomic E-state index is 0.0142. The van der Waals surface area contributed by atoms with Gasteiger partial charge in [0.1, 0.15) is 22.7 Å². The Bertz CT molecular complexity index is 1390. The lowest BCUT2D eigenvalue weighted by Gasteiger charge is -2.31. The van der Waals surface area contributed by atoms with Crippen molar-refractivity contribution in [1.82, 2.24) is 25.1 Å². The van der Waals surface area contributed by atoms with Crippen LogP contribution < -0.4 is 10.1 Å². The summed E-state index contributed by atoms with van der Waals surface area (Å²) < 4.78 is 5.90. The van der Waals surface area contributed by atoms with Crippen molar-refractivity contribution in [3.8, 4) is 5.75 Å². The van der Waals surface area contributed by atoms with Crippen LogP contribution >= 0.6 is 11.3 Å². The number of nitrogens with zero attached hydrogens (tertiary/aromatic N) is 4. The third-order valence-electron chi connectivity index (χ3n) is 6.38.